The zero-order valence-electron chi connectivity index (χ0n) is 17.1. The molecule has 0 aliphatic heterocycles. The lowest BCUT2D eigenvalue weighted by Gasteiger charge is -2.10. The average Bonchev–Trinajstić information content (AvgIpc) is 3.37. The van der Waals surface area contributed by atoms with Crippen molar-refractivity contribution in [3.8, 4) is 16.5 Å². The van der Waals surface area contributed by atoms with Gasteiger partial charge in [-0.3, -0.25) is 4.79 Å². The van der Waals surface area contributed by atoms with Crippen LogP contribution in [0, 0.1) is 6.92 Å². The second kappa shape index (κ2) is 8.69. The smallest absolute Gasteiger partial charge is 0.275 e. The Balaban J connectivity index is 1.65. The van der Waals surface area contributed by atoms with Gasteiger partial charge in [0.05, 0.1) is 25.1 Å². The van der Waals surface area contributed by atoms with Crippen LogP contribution in [0.5, 0.6) is 5.75 Å². The average molecular weight is 422 g/mol. The van der Waals surface area contributed by atoms with E-state index in [0.717, 1.165) is 27.2 Å². The summed E-state index contributed by atoms with van der Waals surface area (Å²) in [6.45, 7) is 3.27. The van der Waals surface area contributed by atoms with Crippen LogP contribution in [0.2, 0.25) is 0 Å². The number of aryl methyl sites for hydroxylation is 1. The highest BCUT2D eigenvalue weighted by molar-refractivity contribution is 7.13. The van der Waals surface area contributed by atoms with Gasteiger partial charge in [0.25, 0.3) is 5.91 Å². The molecule has 0 spiro atoms. The highest BCUT2D eigenvalue weighted by atomic mass is 32.1. The Morgan fingerprint density at radius 2 is 2.00 bits per heavy atom. The molecule has 0 bridgehead atoms. The number of amides is 1. The van der Waals surface area contributed by atoms with Crippen molar-refractivity contribution in [2.24, 2.45) is 0 Å². The number of nitrogens with one attached hydrogen (secondary N) is 1. The lowest BCUT2D eigenvalue weighted by atomic mass is 10.2. The summed E-state index contributed by atoms with van der Waals surface area (Å²) in [5.74, 6) is 0.352. The van der Waals surface area contributed by atoms with E-state index in [4.69, 9.17) is 9.47 Å². The number of methoxy groups -OCH3 is 2. The summed E-state index contributed by atoms with van der Waals surface area (Å²) in [5, 5.41) is 6.62. The number of rotatable bonds is 7. The molecule has 0 radical (unpaired) electrons. The van der Waals surface area contributed by atoms with E-state index in [1.165, 1.54) is 11.3 Å². The Morgan fingerprint density at radius 3 is 2.80 bits per heavy atom. The maximum atomic E-state index is 12.8. The van der Waals surface area contributed by atoms with Gasteiger partial charge in [-0.2, -0.15) is 0 Å². The number of anilines is 1. The number of carbonyl (C=O) groups is 1. The molecular weight excluding hydrogens is 398 g/mol. The molecule has 0 saturated carbocycles. The van der Waals surface area contributed by atoms with Gasteiger partial charge in [0, 0.05) is 29.9 Å². The molecule has 4 aromatic rings. The molecule has 2 aromatic carbocycles. The number of hydrogen-bond donors (Lipinski definition) is 1. The van der Waals surface area contributed by atoms with E-state index >= 15 is 0 Å². The molecule has 7 heteroatoms. The zero-order valence-corrected chi connectivity index (χ0v) is 18.0. The first kappa shape index (κ1) is 20.1. The van der Waals surface area contributed by atoms with Crippen molar-refractivity contribution in [3.05, 3.63) is 65.2 Å². The number of carbonyl (C=O) groups excluding carboxylic acids is 1. The van der Waals surface area contributed by atoms with Crippen molar-refractivity contribution < 1.29 is 14.3 Å². The molecule has 1 amide bonds. The predicted octanol–water partition coefficient (Wildman–Crippen LogP) is 4.98. The van der Waals surface area contributed by atoms with Crippen molar-refractivity contribution >= 4 is 33.8 Å². The van der Waals surface area contributed by atoms with E-state index in [0.29, 0.717) is 30.3 Å². The van der Waals surface area contributed by atoms with Crippen LogP contribution in [0.1, 0.15) is 16.1 Å². The number of benzene rings is 2. The quantitative estimate of drug-likeness (QED) is 0.457. The van der Waals surface area contributed by atoms with Crippen LogP contribution in [-0.2, 0) is 11.3 Å². The third-order valence-electron chi connectivity index (χ3n) is 4.89. The molecular formula is C23H23N3O3S. The first-order chi connectivity index (χ1) is 14.6. The number of hydrogen-bond acceptors (Lipinski definition) is 5. The monoisotopic (exact) mass is 421 g/mol. The number of nitrogens with zero attached hydrogens (tertiary/aromatic N) is 2. The van der Waals surface area contributed by atoms with Crippen LogP contribution in [0.3, 0.4) is 0 Å². The molecule has 0 fully saturated rings. The fraction of sp³-hybridized carbons (Fsp3) is 0.217. The Hall–Kier alpha value is -3.16. The van der Waals surface area contributed by atoms with E-state index in [9.17, 15) is 4.79 Å². The maximum absolute atomic E-state index is 12.8. The van der Waals surface area contributed by atoms with Crippen molar-refractivity contribution in [1.29, 1.82) is 0 Å². The maximum Gasteiger partial charge on any atom is 0.275 e. The van der Waals surface area contributed by atoms with Crippen molar-refractivity contribution in [2.75, 3.05) is 26.1 Å². The highest BCUT2D eigenvalue weighted by Crippen LogP contribution is 2.31. The fourth-order valence-electron chi connectivity index (χ4n) is 3.41. The molecule has 0 aliphatic carbocycles. The first-order valence-electron chi connectivity index (χ1n) is 9.60. The fourth-order valence-corrected chi connectivity index (χ4v) is 4.24. The van der Waals surface area contributed by atoms with Crippen LogP contribution in [0.25, 0.3) is 21.6 Å². The minimum absolute atomic E-state index is 0.263. The van der Waals surface area contributed by atoms with Crippen LogP contribution in [0.15, 0.2) is 53.9 Å². The number of aromatic nitrogens is 2. The van der Waals surface area contributed by atoms with E-state index in [1.807, 2.05) is 37.3 Å². The summed E-state index contributed by atoms with van der Waals surface area (Å²) in [7, 11) is 3.27. The van der Waals surface area contributed by atoms with E-state index in [-0.39, 0.29) is 5.91 Å². The molecule has 0 aliphatic rings. The lowest BCUT2D eigenvalue weighted by molar-refractivity contribution is 0.102. The lowest BCUT2D eigenvalue weighted by Crippen LogP contribution is -2.13. The van der Waals surface area contributed by atoms with Gasteiger partial charge >= 0.3 is 0 Å². The zero-order chi connectivity index (χ0) is 21.1. The summed E-state index contributed by atoms with van der Waals surface area (Å²) in [4.78, 5) is 17.4. The summed E-state index contributed by atoms with van der Waals surface area (Å²) in [6, 6.07) is 16.0. The second-order valence-electron chi connectivity index (χ2n) is 6.93. The third-order valence-corrected chi connectivity index (χ3v) is 5.75. The van der Waals surface area contributed by atoms with Gasteiger partial charge in [0.2, 0.25) is 0 Å². The van der Waals surface area contributed by atoms with E-state index < -0.39 is 0 Å². The van der Waals surface area contributed by atoms with Crippen LogP contribution in [-0.4, -0.2) is 36.3 Å². The normalized spacial score (nSPS) is 11.0. The standard InChI is InChI=1S/C23H23N3O3S/c1-15-8-9-21(29-3)17(12-15)24-22(27)18-14-30-23(25-18)20-13-16-6-4-5-7-19(16)26(20)10-11-28-2/h4-9,12-14H,10-11H2,1-3H3,(H,24,27). The van der Waals surface area contributed by atoms with E-state index in [2.05, 4.69) is 33.1 Å². The number of fused-ring (bicyclic) bond motifs is 1. The van der Waals surface area contributed by atoms with Gasteiger partial charge in [0.1, 0.15) is 16.5 Å². The topological polar surface area (TPSA) is 65.4 Å². The molecule has 4 rings (SSSR count). The molecule has 6 nitrogen and oxygen atoms in total. The van der Waals surface area contributed by atoms with Gasteiger partial charge in [0.15, 0.2) is 0 Å². The van der Waals surface area contributed by atoms with Crippen molar-refractivity contribution in [3.63, 3.8) is 0 Å². The molecule has 2 heterocycles. The van der Waals surface area contributed by atoms with Gasteiger partial charge < -0.3 is 19.4 Å². The van der Waals surface area contributed by atoms with Gasteiger partial charge in [-0.1, -0.05) is 24.3 Å². The Labute approximate surface area is 179 Å². The Kier molecular flexibility index (Phi) is 5.83. The molecule has 1 N–H and O–H groups in total. The largest absolute Gasteiger partial charge is 0.495 e. The van der Waals surface area contributed by atoms with Gasteiger partial charge in [-0.05, 0) is 36.8 Å². The molecule has 0 unspecified atom stereocenters. The van der Waals surface area contributed by atoms with Crippen LogP contribution < -0.4 is 10.1 Å². The third kappa shape index (κ3) is 3.94. The summed E-state index contributed by atoms with van der Waals surface area (Å²) >= 11 is 1.45. The Bertz CT molecular complexity index is 1200. The van der Waals surface area contributed by atoms with Crippen molar-refractivity contribution in [2.45, 2.75) is 13.5 Å². The summed E-state index contributed by atoms with van der Waals surface area (Å²) in [5.41, 5.74) is 4.14. The number of thiazole rings is 1. The molecule has 0 atom stereocenters. The molecule has 0 saturated heterocycles. The van der Waals surface area contributed by atoms with Gasteiger partial charge in [-0.25, -0.2) is 4.98 Å². The first-order valence-corrected chi connectivity index (χ1v) is 10.5. The minimum Gasteiger partial charge on any atom is -0.495 e. The highest BCUT2D eigenvalue weighted by Gasteiger charge is 2.17. The molecule has 30 heavy (non-hydrogen) atoms. The SMILES string of the molecule is COCCn1c(-c2nc(C(=O)Nc3cc(C)ccc3OC)cs2)cc2ccccc21. The van der Waals surface area contributed by atoms with Crippen LogP contribution in [0.4, 0.5) is 5.69 Å². The van der Waals surface area contributed by atoms with E-state index in [1.54, 1.807) is 19.6 Å². The summed E-state index contributed by atoms with van der Waals surface area (Å²) < 4.78 is 12.8. The van der Waals surface area contributed by atoms with Crippen LogP contribution >= 0.6 is 11.3 Å². The second-order valence-corrected chi connectivity index (χ2v) is 7.79. The van der Waals surface area contributed by atoms with Gasteiger partial charge in [-0.15, -0.1) is 11.3 Å². The molecule has 2 aromatic heterocycles. The van der Waals surface area contributed by atoms with Crippen molar-refractivity contribution in [1.82, 2.24) is 9.55 Å². The summed E-state index contributed by atoms with van der Waals surface area (Å²) in [6.07, 6.45) is 0. The predicted molar refractivity (Wildman–Crippen MR) is 121 cm³/mol. The Morgan fingerprint density at radius 1 is 1.17 bits per heavy atom. The number of para-hydroxylation sites is 1. The number of ether oxygens (including phenoxy) is 2. The minimum atomic E-state index is -0.263. The molecule has 154 valence electrons.